The van der Waals surface area contributed by atoms with Gasteiger partial charge in [0.2, 0.25) is 10.0 Å². The number of hydrogen-bond donors (Lipinski definition) is 4. The van der Waals surface area contributed by atoms with Gasteiger partial charge in [-0.1, -0.05) is 13.8 Å². The van der Waals surface area contributed by atoms with Gasteiger partial charge in [-0.25, -0.2) is 29.0 Å². The highest BCUT2D eigenvalue weighted by atomic mass is 32.2. The third kappa shape index (κ3) is 4.30. The summed E-state index contributed by atoms with van der Waals surface area (Å²) in [6, 6.07) is 0. The maximum Gasteiger partial charge on any atom is 0.213 e. The Kier molecular flexibility index (Phi) is 5.45. The smallest absolute Gasteiger partial charge is 0.213 e. The van der Waals surface area contributed by atoms with Crippen molar-refractivity contribution in [1.82, 2.24) is 14.7 Å². The van der Waals surface area contributed by atoms with E-state index in [4.69, 9.17) is 5.84 Å². The molecule has 1 rings (SSSR count). The average Bonchev–Trinajstić information content (AvgIpc) is 2.37. The minimum absolute atomic E-state index is 0.0313. The number of hydrogen-bond acceptors (Lipinski definition) is 7. The van der Waals surface area contributed by atoms with Gasteiger partial charge < -0.3 is 10.7 Å². The fourth-order valence-electron chi connectivity index (χ4n) is 1.60. The molecule has 0 spiro atoms. The highest BCUT2D eigenvalue weighted by Gasteiger charge is 2.15. The van der Waals surface area contributed by atoms with Crippen LogP contribution in [0.25, 0.3) is 0 Å². The van der Waals surface area contributed by atoms with Crippen molar-refractivity contribution in [2.45, 2.75) is 19.8 Å². The van der Waals surface area contributed by atoms with Crippen molar-refractivity contribution >= 4 is 21.7 Å². The van der Waals surface area contributed by atoms with Crippen LogP contribution in [0.15, 0.2) is 6.33 Å². The van der Waals surface area contributed by atoms with Gasteiger partial charge in [-0.05, 0) is 13.0 Å². The Hall–Kier alpha value is -1.45. The summed E-state index contributed by atoms with van der Waals surface area (Å²) in [6.07, 6.45) is 1.37. The third-order valence-electron chi connectivity index (χ3n) is 2.57. The maximum absolute atomic E-state index is 11.3. The molecule has 1 aromatic rings. The molecule has 0 unspecified atom stereocenters. The minimum atomic E-state index is -3.23. The Morgan fingerprint density at radius 2 is 1.95 bits per heavy atom. The lowest BCUT2D eigenvalue weighted by molar-refractivity contribution is 0.588. The molecule has 8 nitrogen and oxygen atoms in total. The van der Waals surface area contributed by atoms with E-state index in [0.29, 0.717) is 11.6 Å². The van der Waals surface area contributed by atoms with E-state index in [-0.39, 0.29) is 18.2 Å². The van der Waals surface area contributed by atoms with Crippen LogP contribution in [-0.4, -0.2) is 37.7 Å². The Bertz CT molecular complexity index is 517. The number of rotatable bonds is 7. The second kappa shape index (κ2) is 6.64. The Morgan fingerprint density at radius 1 is 1.32 bits per heavy atom. The molecular weight excluding hydrogens is 268 g/mol. The van der Waals surface area contributed by atoms with Crippen LogP contribution in [0.3, 0.4) is 0 Å². The van der Waals surface area contributed by atoms with Crippen molar-refractivity contribution in [3.05, 3.63) is 11.9 Å². The van der Waals surface area contributed by atoms with E-state index in [0.717, 1.165) is 5.56 Å². The molecule has 19 heavy (non-hydrogen) atoms. The van der Waals surface area contributed by atoms with Crippen molar-refractivity contribution in [2.75, 3.05) is 30.1 Å². The molecule has 0 aliphatic rings. The molecule has 0 bridgehead atoms. The fraction of sp³-hybridized carbons (Fsp3) is 0.600. The molecule has 1 aromatic heterocycles. The number of hydrazine groups is 1. The quantitative estimate of drug-likeness (QED) is 0.406. The molecule has 0 aromatic carbocycles. The Labute approximate surface area is 113 Å². The summed E-state index contributed by atoms with van der Waals surface area (Å²) in [5.41, 5.74) is 3.34. The lowest BCUT2D eigenvalue weighted by atomic mass is 10.0. The van der Waals surface area contributed by atoms with E-state index in [1.54, 1.807) is 0 Å². The van der Waals surface area contributed by atoms with Crippen LogP contribution < -0.4 is 21.3 Å². The van der Waals surface area contributed by atoms with Gasteiger partial charge in [0.05, 0.1) is 5.75 Å². The zero-order valence-corrected chi connectivity index (χ0v) is 12.1. The predicted molar refractivity (Wildman–Crippen MR) is 75.3 cm³/mol. The van der Waals surface area contributed by atoms with Gasteiger partial charge in [-0.2, -0.15) is 0 Å². The van der Waals surface area contributed by atoms with Gasteiger partial charge in [0.1, 0.15) is 18.0 Å². The number of nitrogens with one attached hydrogen (secondary N) is 3. The van der Waals surface area contributed by atoms with Crippen LogP contribution in [0.2, 0.25) is 0 Å². The number of aromatic nitrogens is 2. The summed E-state index contributed by atoms with van der Waals surface area (Å²) in [7, 11) is -1.85. The van der Waals surface area contributed by atoms with Crippen LogP contribution in [0.4, 0.5) is 11.6 Å². The van der Waals surface area contributed by atoms with Crippen LogP contribution >= 0.6 is 0 Å². The van der Waals surface area contributed by atoms with Gasteiger partial charge in [-0.3, -0.25) is 0 Å². The zero-order valence-electron chi connectivity index (χ0n) is 11.3. The average molecular weight is 288 g/mol. The number of sulfonamides is 1. The highest BCUT2D eigenvalue weighted by molar-refractivity contribution is 7.89. The summed E-state index contributed by atoms with van der Waals surface area (Å²) in [5.74, 6) is 6.64. The molecule has 9 heteroatoms. The summed E-state index contributed by atoms with van der Waals surface area (Å²) in [4.78, 5) is 8.16. The first-order chi connectivity index (χ1) is 8.91. The van der Waals surface area contributed by atoms with Crippen LogP contribution in [0.5, 0.6) is 0 Å². The van der Waals surface area contributed by atoms with Crippen LogP contribution in [0, 0.1) is 0 Å². The number of nitrogens with zero attached hydrogens (tertiary/aromatic N) is 2. The maximum atomic E-state index is 11.3. The van der Waals surface area contributed by atoms with Gasteiger partial charge in [-0.15, -0.1) is 0 Å². The molecule has 0 radical (unpaired) electrons. The van der Waals surface area contributed by atoms with Crippen molar-refractivity contribution in [2.24, 2.45) is 5.84 Å². The zero-order chi connectivity index (χ0) is 14.5. The first-order valence-electron chi connectivity index (χ1n) is 5.88. The van der Waals surface area contributed by atoms with E-state index >= 15 is 0 Å². The Balaban J connectivity index is 2.84. The minimum Gasteiger partial charge on any atom is -0.369 e. The number of nitrogen functional groups attached to an aromatic ring is 1. The number of nitrogens with two attached hydrogens (primary N) is 1. The highest BCUT2D eigenvalue weighted by Crippen LogP contribution is 2.27. The second-order valence-electron chi connectivity index (χ2n) is 4.23. The molecule has 108 valence electrons. The van der Waals surface area contributed by atoms with E-state index in [1.165, 1.54) is 13.4 Å². The van der Waals surface area contributed by atoms with Crippen molar-refractivity contribution in [3.8, 4) is 0 Å². The molecule has 1 heterocycles. The number of anilines is 2. The first kappa shape index (κ1) is 15.6. The topological polar surface area (TPSA) is 122 Å². The van der Waals surface area contributed by atoms with E-state index in [9.17, 15) is 8.42 Å². The monoisotopic (exact) mass is 288 g/mol. The molecule has 5 N–H and O–H groups in total. The van der Waals surface area contributed by atoms with E-state index in [1.807, 2.05) is 13.8 Å². The Morgan fingerprint density at radius 3 is 2.47 bits per heavy atom. The molecule has 0 saturated carbocycles. The predicted octanol–water partition coefficient (Wildman–Crippen LogP) is -0.153. The largest absolute Gasteiger partial charge is 0.369 e. The molecular formula is C10H20N6O2S. The van der Waals surface area contributed by atoms with Gasteiger partial charge >= 0.3 is 0 Å². The second-order valence-corrected chi connectivity index (χ2v) is 6.28. The molecule has 0 saturated heterocycles. The molecule has 0 fully saturated rings. The summed E-state index contributed by atoms with van der Waals surface area (Å²) in [5, 5.41) is 2.99. The fourth-order valence-corrected chi connectivity index (χ4v) is 2.18. The standard InChI is InChI=1S/C10H20N6O2S/c1-7(2)8-9(14-6-15-10(8)16-11)13-4-5-19(17,18)12-3/h6-7,12H,4-5,11H2,1-3H3,(H2,13,14,15,16). The van der Waals surface area contributed by atoms with Gasteiger partial charge in [0.25, 0.3) is 0 Å². The van der Waals surface area contributed by atoms with Crippen molar-refractivity contribution in [1.29, 1.82) is 0 Å². The van der Waals surface area contributed by atoms with E-state index in [2.05, 4.69) is 25.4 Å². The third-order valence-corrected chi connectivity index (χ3v) is 3.94. The molecule has 0 atom stereocenters. The SMILES string of the molecule is CNS(=O)(=O)CCNc1ncnc(NN)c1C(C)C. The summed E-state index contributed by atoms with van der Waals surface area (Å²) < 4.78 is 24.9. The van der Waals surface area contributed by atoms with Crippen LogP contribution in [0.1, 0.15) is 25.3 Å². The lowest BCUT2D eigenvalue weighted by Gasteiger charge is -2.16. The van der Waals surface area contributed by atoms with Crippen LogP contribution in [-0.2, 0) is 10.0 Å². The van der Waals surface area contributed by atoms with Gasteiger partial charge in [0, 0.05) is 12.1 Å². The normalized spacial score (nSPS) is 11.6. The van der Waals surface area contributed by atoms with E-state index < -0.39 is 10.0 Å². The summed E-state index contributed by atoms with van der Waals surface area (Å²) in [6.45, 7) is 4.22. The van der Waals surface area contributed by atoms with Crippen molar-refractivity contribution < 1.29 is 8.42 Å². The summed E-state index contributed by atoms with van der Waals surface area (Å²) >= 11 is 0. The first-order valence-corrected chi connectivity index (χ1v) is 7.53. The molecule has 0 aliphatic carbocycles. The van der Waals surface area contributed by atoms with Crippen molar-refractivity contribution in [3.63, 3.8) is 0 Å². The van der Waals surface area contributed by atoms with Gasteiger partial charge in [0.15, 0.2) is 0 Å². The molecule has 0 amide bonds. The lowest BCUT2D eigenvalue weighted by Crippen LogP contribution is -2.26. The molecule has 0 aliphatic heterocycles.